The lowest BCUT2D eigenvalue weighted by Gasteiger charge is -2.01. The van der Waals surface area contributed by atoms with E-state index < -0.39 is 5.97 Å². The summed E-state index contributed by atoms with van der Waals surface area (Å²) < 4.78 is 1.06. The molecule has 1 aromatic carbocycles. The molecule has 0 fully saturated rings. The number of thiol groups is 1. The van der Waals surface area contributed by atoms with Crippen LogP contribution >= 0.6 is 35.2 Å². The molecular weight excluding hydrogens is 287 g/mol. The minimum absolute atomic E-state index is 0.0375. The van der Waals surface area contributed by atoms with Gasteiger partial charge in [-0.1, -0.05) is 6.07 Å². The summed E-state index contributed by atoms with van der Waals surface area (Å²) in [5, 5.41) is 8.52. The van der Waals surface area contributed by atoms with Crippen LogP contribution in [0.4, 0.5) is 0 Å². The Labute approximate surface area is 89.5 Å². The zero-order valence-corrected chi connectivity index (χ0v) is 9.17. The van der Waals surface area contributed by atoms with Crippen LogP contribution in [0.15, 0.2) is 23.1 Å². The van der Waals surface area contributed by atoms with E-state index in [1.54, 1.807) is 6.07 Å². The molecule has 0 aliphatic carbocycles. The molecule has 1 N–H and O–H groups in total. The lowest BCUT2D eigenvalue weighted by atomic mass is 10.1. The maximum absolute atomic E-state index is 10.4. The number of hydrogen-bond donors (Lipinski definition) is 2. The standard InChI is InChI=1S/C8H7IO2S/c9-6-2-1-5(3-8(10)11)7(12)4-6/h1-2,4,12H,3H2,(H,10,11). The van der Waals surface area contributed by atoms with E-state index in [1.807, 2.05) is 12.1 Å². The fourth-order valence-electron chi connectivity index (χ4n) is 0.849. The first kappa shape index (κ1) is 9.85. The maximum atomic E-state index is 10.4. The average Bonchev–Trinajstić information content (AvgIpc) is 1.94. The number of halogens is 1. The SMILES string of the molecule is O=C(O)Cc1ccc(I)cc1S. The van der Waals surface area contributed by atoms with Crippen LogP contribution in [0.25, 0.3) is 0 Å². The second kappa shape index (κ2) is 4.13. The molecule has 12 heavy (non-hydrogen) atoms. The van der Waals surface area contributed by atoms with Crippen molar-refractivity contribution in [2.24, 2.45) is 0 Å². The fraction of sp³-hybridized carbons (Fsp3) is 0.125. The Morgan fingerprint density at radius 3 is 2.75 bits per heavy atom. The van der Waals surface area contributed by atoms with Crippen LogP contribution in [0.1, 0.15) is 5.56 Å². The van der Waals surface area contributed by atoms with E-state index >= 15 is 0 Å². The number of rotatable bonds is 2. The van der Waals surface area contributed by atoms with E-state index in [0.29, 0.717) is 0 Å². The smallest absolute Gasteiger partial charge is 0.307 e. The first-order chi connectivity index (χ1) is 5.59. The molecule has 0 aliphatic rings. The second-order valence-electron chi connectivity index (χ2n) is 2.34. The van der Waals surface area contributed by atoms with Gasteiger partial charge < -0.3 is 5.11 Å². The lowest BCUT2D eigenvalue weighted by Crippen LogP contribution is -2.00. The van der Waals surface area contributed by atoms with Crippen molar-refractivity contribution in [3.63, 3.8) is 0 Å². The van der Waals surface area contributed by atoms with Crippen LogP contribution in [-0.2, 0) is 11.2 Å². The van der Waals surface area contributed by atoms with Crippen molar-refractivity contribution in [2.75, 3.05) is 0 Å². The first-order valence-electron chi connectivity index (χ1n) is 3.29. The molecule has 0 aromatic heterocycles. The summed E-state index contributed by atoms with van der Waals surface area (Å²) in [6.45, 7) is 0. The third kappa shape index (κ3) is 2.67. The monoisotopic (exact) mass is 294 g/mol. The predicted molar refractivity (Wildman–Crippen MR) is 57.8 cm³/mol. The molecule has 0 unspecified atom stereocenters. The van der Waals surface area contributed by atoms with Gasteiger partial charge in [-0.15, -0.1) is 12.6 Å². The van der Waals surface area contributed by atoms with Crippen molar-refractivity contribution in [1.29, 1.82) is 0 Å². The highest BCUT2D eigenvalue weighted by Gasteiger charge is 2.03. The average molecular weight is 294 g/mol. The molecule has 0 saturated heterocycles. The number of hydrogen-bond acceptors (Lipinski definition) is 2. The van der Waals surface area contributed by atoms with Gasteiger partial charge in [0.2, 0.25) is 0 Å². The van der Waals surface area contributed by atoms with Crippen LogP contribution in [0, 0.1) is 3.57 Å². The highest BCUT2D eigenvalue weighted by molar-refractivity contribution is 14.1. The Morgan fingerprint density at radius 2 is 2.25 bits per heavy atom. The van der Waals surface area contributed by atoms with Crippen molar-refractivity contribution in [1.82, 2.24) is 0 Å². The van der Waals surface area contributed by atoms with Crippen LogP contribution in [0.5, 0.6) is 0 Å². The summed E-state index contributed by atoms with van der Waals surface area (Å²) in [6.07, 6.45) is 0.0375. The molecule has 0 radical (unpaired) electrons. The van der Waals surface area contributed by atoms with Crippen molar-refractivity contribution in [3.05, 3.63) is 27.3 Å². The Morgan fingerprint density at radius 1 is 1.58 bits per heavy atom. The van der Waals surface area contributed by atoms with Crippen LogP contribution < -0.4 is 0 Å². The van der Waals surface area contributed by atoms with Crippen molar-refractivity contribution >= 4 is 41.2 Å². The van der Waals surface area contributed by atoms with E-state index in [9.17, 15) is 4.79 Å². The highest BCUT2D eigenvalue weighted by Crippen LogP contribution is 2.17. The maximum Gasteiger partial charge on any atom is 0.307 e. The second-order valence-corrected chi connectivity index (χ2v) is 4.07. The third-order valence-electron chi connectivity index (χ3n) is 1.39. The van der Waals surface area contributed by atoms with Crippen LogP contribution in [-0.4, -0.2) is 11.1 Å². The normalized spacial score (nSPS) is 9.83. The fourth-order valence-corrected chi connectivity index (χ4v) is 1.88. The van der Waals surface area contributed by atoms with Gasteiger partial charge in [0.05, 0.1) is 6.42 Å². The first-order valence-corrected chi connectivity index (χ1v) is 4.81. The molecule has 0 bridgehead atoms. The number of aliphatic carboxylic acids is 1. The Kier molecular flexibility index (Phi) is 3.39. The number of carboxylic acid groups (broad SMARTS) is 1. The molecular formula is C8H7IO2S. The molecule has 0 aliphatic heterocycles. The van der Waals surface area contributed by atoms with Crippen LogP contribution in [0.3, 0.4) is 0 Å². The Hall–Kier alpha value is -0.230. The molecule has 1 aromatic rings. The third-order valence-corrected chi connectivity index (χ3v) is 2.48. The van der Waals surface area contributed by atoms with E-state index in [4.69, 9.17) is 5.11 Å². The molecule has 0 amide bonds. The molecule has 4 heteroatoms. The zero-order chi connectivity index (χ0) is 9.14. The van der Waals surface area contributed by atoms with Gasteiger partial charge in [-0.2, -0.15) is 0 Å². The van der Waals surface area contributed by atoms with Gasteiger partial charge in [0.25, 0.3) is 0 Å². The van der Waals surface area contributed by atoms with Gasteiger partial charge in [0, 0.05) is 8.47 Å². The topological polar surface area (TPSA) is 37.3 Å². The van der Waals surface area contributed by atoms with Gasteiger partial charge in [0.15, 0.2) is 0 Å². The van der Waals surface area contributed by atoms with Crippen molar-refractivity contribution in [3.8, 4) is 0 Å². The molecule has 0 heterocycles. The van der Waals surface area contributed by atoms with Gasteiger partial charge in [-0.05, 0) is 40.3 Å². The largest absolute Gasteiger partial charge is 0.481 e. The van der Waals surface area contributed by atoms with Crippen molar-refractivity contribution < 1.29 is 9.90 Å². The lowest BCUT2D eigenvalue weighted by molar-refractivity contribution is -0.136. The van der Waals surface area contributed by atoms with Gasteiger partial charge >= 0.3 is 5.97 Å². The van der Waals surface area contributed by atoms with Gasteiger partial charge in [-0.3, -0.25) is 4.79 Å². The minimum atomic E-state index is -0.827. The molecule has 0 saturated carbocycles. The van der Waals surface area contributed by atoms with Crippen LogP contribution in [0.2, 0.25) is 0 Å². The quantitative estimate of drug-likeness (QED) is 0.648. The zero-order valence-electron chi connectivity index (χ0n) is 6.12. The Balaban J connectivity index is 2.93. The Bertz CT molecular complexity index is 312. The molecule has 0 spiro atoms. The van der Waals surface area contributed by atoms with E-state index in [-0.39, 0.29) is 6.42 Å². The molecule has 64 valence electrons. The number of carbonyl (C=O) groups is 1. The molecule has 2 nitrogen and oxygen atoms in total. The molecule has 0 atom stereocenters. The highest BCUT2D eigenvalue weighted by atomic mass is 127. The van der Waals surface area contributed by atoms with E-state index in [2.05, 4.69) is 35.2 Å². The van der Waals surface area contributed by atoms with Gasteiger partial charge in [-0.25, -0.2) is 0 Å². The predicted octanol–water partition coefficient (Wildman–Crippen LogP) is 2.21. The minimum Gasteiger partial charge on any atom is -0.481 e. The summed E-state index contributed by atoms with van der Waals surface area (Å²) in [5.41, 5.74) is 0.756. The summed E-state index contributed by atoms with van der Waals surface area (Å²) in [6, 6.07) is 5.51. The summed E-state index contributed by atoms with van der Waals surface area (Å²) in [4.78, 5) is 11.1. The van der Waals surface area contributed by atoms with E-state index in [0.717, 1.165) is 14.0 Å². The van der Waals surface area contributed by atoms with Gasteiger partial charge in [0.1, 0.15) is 0 Å². The number of carboxylic acids is 1. The summed E-state index contributed by atoms with van der Waals surface area (Å²) in [5.74, 6) is -0.827. The number of benzene rings is 1. The molecule has 1 rings (SSSR count). The van der Waals surface area contributed by atoms with E-state index in [1.165, 1.54) is 0 Å². The summed E-state index contributed by atoms with van der Waals surface area (Å²) >= 11 is 6.33. The summed E-state index contributed by atoms with van der Waals surface area (Å²) in [7, 11) is 0. The van der Waals surface area contributed by atoms with Crippen molar-refractivity contribution in [2.45, 2.75) is 11.3 Å².